The summed E-state index contributed by atoms with van der Waals surface area (Å²) >= 11 is 0. The van der Waals surface area contributed by atoms with Crippen molar-refractivity contribution in [2.45, 2.75) is 0 Å². The van der Waals surface area contributed by atoms with Gasteiger partial charge in [-0.1, -0.05) is 36.4 Å². The second-order valence-corrected chi connectivity index (χ2v) is 6.25. The van der Waals surface area contributed by atoms with Crippen molar-refractivity contribution < 1.29 is 19.2 Å². The fourth-order valence-electron chi connectivity index (χ4n) is 3.45. The Morgan fingerprint density at radius 1 is 0.808 bits per heavy atom. The van der Waals surface area contributed by atoms with Gasteiger partial charge in [0.05, 0.1) is 25.4 Å². The average molecular weight is 352 g/mol. The highest BCUT2D eigenvalue weighted by Gasteiger charge is 2.32. The Morgan fingerprint density at radius 2 is 1.58 bits per heavy atom. The van der Waals surface area contributed by atoms with Gasteiger partial charge in [-0.25, -0.2) is 5.48 Å². The molecule has 0 saturated carbocycles. The van der Waals surface area contributed by atoms with Crippen LogP contribution in [0.1, 0.15) is 31.8 Å². The Labute approximate surface area is 151 Å². The quantitative estimate of drug-likeness (QED) is 0.721. The van der Waals surface area contributed by atoms with E-state index in [1.165, 1.54) is 0 Å². The Balaban J connectivity index is 1.74. The van der Waals surface area contributed by atoms with Crippen LogP contribution in [0.25, 0.3) is 0 Å². The minimum atomic E-state index is -0.104. The van der Waals surface area contributed by atoms with Crippen LogP contribution in [0, 0.1) is 0 Å². The van der Waals surface area contributed by atoms with Crippen molar-refractivity contribution in [2.75, 3.05) is 44.4 Å². The first-order valence-electron chi connectivity index (χ1n) is 8.76. The van der Waals surface area contributed by atoms with Gasteiger partial charge in [-0.3, -0.25) is 14.4 Å². The SMILES string of the molecule is O=C1c2ccccc2C(=O)c2c1cccc2N1CCNOCCOCC1. The molecule has 0 aromatic heterocycles. The maximum atomic E-state index is 13.1. The highest BCUT2D eigenvalue weighted by Crippen LogP contribution is 2.33. The van der Waals surface area contributed by atoms with E-state index in [1.54, 1.807) is 30.3 Å². The van der Waals surface area contributed by atoms with Crippen molar-refractivity contribution in [3.05, 3.63) is 64.7 Å². The summed E-state index contributed by atoms with van der Waals surface area (Å²) in [5.74, 6) is -0.205. The first-order valence-corrected chi connectivity index (χ1v) is 8.76. The maximum absolute atomic E-state index is 13.1. The highest BCUT2D eigenvalue weighted by molar-refractivity contribution is 6.30. The number of benzene rings is 2. The molecule has 1 heterocycles. The van der Waals surface area contributed by atoms with Gasteiger partial charge in [0.25, 0.3) is 0 Å². The van der Waals surface area contributed by atoms with Crippen LogP contribution in [0.2, 0.25) is 0 Å². The van der Waals surface area contributed by atoms with E-state index in [0.717, 1.165) is 5.69 Å². The molecule has 1 saturated heterocycles. The van der Waals surface area contributed by atoms with Crippen LogP contribution in [-0.4, -0.2) is 51.0 Å². The van der Waals surface area contributed by atoms with E-state index in [9.17, 15) is 9.59 Å². The molecule has 1 fully saturated rings. The number of hydrogen-bond acceptors (Lipinski definition) is 6. The molecule has 26 heavy (non-hydrogen) atoms. The lowest BCUT2D eigenvalue weighted by Gasteiger charge is -2.30. The zero-order chi connectivity index (χ0) is 17.9. The Hall–Kier alpha value is -2.54. The summed E-state index contributed by atoms with van der Waals surface area (Å²) in [6, 6.07) is 12.5. The molecule has 0 unspecified atom stereocenters. The summed E-state index contributed by atoms with van der Waals surface area (Å²) in [6.07, 6.45) is 0. The largest absolute Gasteiger partial charge is 0.377 e. The van der Waals surface area contributed by atoms with Gasteiger partial charge in [0.15, 0.2) is 11.6 Å². The zero-order valence-corrected chi connectivity index (χ0v) is 14.4. The number of hydrogen-bond donors (Lipinski definition) is 1. The van der Waals surface area contributed by atoms with Gasteiger partial charge >= 0.3 is 0 Å². The first-order chi connectivity index (χ1) is 12.8. The number of carbonyl (C=O) groups is 2. The Morgan fingerprint density at radius 3 is 2.42 bits per heavy atom. The second kappa shape index (κ2) is 7.37. The van der Waals surface area contributed by atoms with E-state index in [-0.39, 0.29) is 11.6 Å². The lowest BCUT2D eigenvalue weighted by atomic mass is 9.83. The molecule has 134 valence electrons. The fraction of sp³-hybridized carbons (Fsp3) is 0.300. The molecule has 0 radical (unpaired) electrons. The van der Waals surface area contributed by atoms with Crippen molar-refractivity contribution in [3.8, 4) is 0 Å². The number of anilines is 1. The number of fused-ring (bicyclic) bond motifs is 2. The molecule has 0 spiro atoms. The van der Waals surface area contributed by atoms with Crippen molar-refractivity contribution in [3.63, 3.8) is 0 Å². The van der Waals surface area contributed by atoms with Crippen molar-refractivity contribution in [1.29, 1.82) is 0 Å². The fourth-order valence-corrected chi connectivity index (χ4v) is 3.45. The van der Waals surface area contributed by atoms with Crippen LogP contribution >= 0.6 is 0 Å². The van der Waals surface area contributed by atoms with Crippen molar-refractivity contribution in [2.24, 2.45) is 0 Å². The van der Waals surface area contributed by atoms with Gasteiger partial charge in [-0.05, 0) is 6.07 Å². The van der Waals surface area contributed by atoms with Gasteiger partial charge in [0.1, 0.15) is 0 Å². The number of rotatable bonds is 1. The Kier molecular flexibility index (Phi) is 4.79. The van der Waals surface area contributed by atoms with E-state index >= 15 is 0 Å². The third kappa shape index (κ3) is 3.03. The summed E-state index contributed by atoms with van der Waals surface area (Å²) in [5.41, 5.74) is 5.55. The standard InChI is InChI=1S/C20H20N2O4/c23-19-14-4-1-2-5-15(14)20(24)18-16(19)6-3-7-17(18)22-9-8-21-26-13-12-25-11-10-22/h1-7,21H,8-13H2. The van der Waals surface area contributed by atoms with Gasteiger partial charge in [0, 0.05) is 42.0 Å². The molecule has 0 amide bonds. The molecule has 2 aromatic rings. The number of nitrogens with one attached hydrogen (secondary N) is 1. The molecule has 2 aromatic carbocycles. The van der Waals surface area contributed by atoms with Crippen LogP contribution in [0.3, 0.4) is 0 Å². The molecular weight excluding hydrogens is 332 g/mol. The number of ether oxygens (including phenoxy) is 1. The normalized spacial score (nSPS) is 18.2. The molecule has 0 atom stereocenters. The predicted octanol–water partition coefficient (Wildman–Crippen LogP) is 1.82. The summed E-state index contributed by atoms with van der Waals surface area (Å²) in [5, 5.41) is 0. The zero-order valence-electron chi connectivity index (χ0n) is 14.4. The van der Waals surface area contributed by atoms with E-state index in [1.807, 2.05) is 12.1 Å². The number of hydroxylamine groups is 1. The average Bonchev–Trinajstić information content (AvgIpc) is 2.69. The molecule has 2 aliphatic rings. The number of nitrogens with zero attached hydrogens (tertiary/aromatic N) is 1. The topological polar surface area (TPSA) is 67.9 Å². The minimum Gasteiger partial charge on any atom is -0.377 e. The molecule has 1 N–H and O–H groups in total. The summed E-state index contributed by atoms with van der Waals surface area (Å²) in [4.78, 5) is 33.4. The van der Waals surface area contributed by atoms with Crippen LogP contribution < -0.4 is 10.4 Å². The molecular formula is C20H20N2O4. The first kappa shape index (κ1) is 16.9. The van der Waals surface area contributed by atoms with Crippen LogP contribution in [0.5, 0.6) is 0 Å². The second-order valence-electron chi connectivity index (χ2n) is 6.25. The third-order valence-electron chi connectivity index (χ3n) is 4.69. The highest BCUT2D eigenvalue weighted by atomic mass is 16.7. The van der Waals surface area contributed by atoms with E-state index in [0.29, 0.717) is 61.7 Å². The van der Waals surface area contributed by atoms with Crippen molar-refractivity contribution >= 4 is 17.3 Å². The number of ketones is 2. The molecule has 0 bridgehead atoms. The van der Waals surface area contributed by atoms with E-state index in [4.69, 9.17) is 9.57 Å². The summed E-state index contributed by atoms with van der Waals surface area (Å²) in [6.45, 7) is 3.45. The van der Waals surface area contributed by atoms with Gasteiger partial charge < -0.3 is 9.64 Å². The lowest BCUT2D eigenvalue weighted by molar-refractivity contribution is -0.00617. The molecule has 6 heteroatoms. The molecule has 1 aliphatic heterocycles. The third-order valence-corrected chi connectivity index (χ3v) is 4.69. The van der Waals surface area contributed by atoms with E-state index in [2.05, 4.69) is 10.4 Å². The van der Waals surface area contributed by atoms with Gasteiger partial charge in [-0.2, -0.15) is 0 Å². The summed E-state index contributed by atoms with van der Waals surface area (Å²) in [7, 11) is 0. The predicted molar refractivity (Wildman–Crippen MR) is 96.7 cm³/mol. The summed E-state index contributed by atoms with van der Waals surface area (Å²) < 4.78 is 5.55. The van der Waals surface area contributed by atoms with Crippen molar-refractivity contribution in [1.82, 2.24) is 5.48 Å². The van der Waals surface area contributed by atoms with Gasteiger partial charge in [-0.15, -0.1) is 0 Å². The van der Waals surface area contributed by atoms with Crippen LogP contribution in [0.15, 0.2) is 42.5 Å². The smallest absolute Gasteiger partial charge is 0.196 e. The molecule has 1 aliphatic carbocycles. The lowest BCUT2D eigenvalue weighted by Crippen LogP contribution is -2.38. The molecule has 6 nitrogen and oxygen atoms in total. The Bertz CT molecular complexity index is 839. The maximum Gasteiger partial charge on any atom is 0.196 e. The number of carbonyl (C=O) groups excluding carboxylic acids is 2. The monoisotopic (exact) mass is 352 g/mol. The van der Waals surface area contributed by atoms with Crippen LogP contribution in [0.4, 0.5) is 5.69 Å². The molecule has 4 rings (SSSR count). The minimum absolute atomic E-state index is 0.101. The van der Waals surface area contributed by atoms with E-state index < -0.39 is 0 Å². The van der Waals surface area contributed by atoms with Gasteiger partial charge in [0.2, 0.25) is 0 Å². The van der Waals surface area contributed by atoms with Crippen LogP contribution in [-0.2, 0) is 9.57 Å².